The van der Waals surface area contributed by atoms with Crippen molar-refractivity contribution in [1.29, 1.82) is 0 Å². The van der Waals surface area contributed by atoms with Gasteiger partial charge in [-0.15, -0.1) is 0 Å². The number of fused-ring (bicyclic) bond motifs is 2. The summed E-state index contributed by atoms with van der Waals surface area (Å²) in [5.41, 5.74) is 1.26. The summed E-state index contributed by atoms with van der Waals surface area (Å²) in [5.74, 6) is 1.58. The zero-order chi connectivity index (χ0) is 12.0. The van der Waals surface area contributed by atoms with E-state index in [-0.39, 0.29) is 17.5 Å². The van der Waals surface area contributed by atoms with Gasteiger partial charge in [0, 0.05) is 11.5 Å². The molecule has 0 aromatic heterocycles. The van der Waals surface area contributed by atoms with Crippen molar-refractivity contribution in [1.82, 2.24) is 0 Å². The second kappa shape index (κ2) is 3.94. The van der Waals surface area contributed by atoms with Crippen LogP contribution in [-0.4, -0.2) is 5.78 Å². The number of Topliss-reactive ketones (excluding diaryl/α,β-unsaturated/α-hetero) is 1. The van der Waals surface area contributed by atoms with E-state index in [2.05, 4.69) is 0 Å². The first-order chi connectivity index (χ1) is 8.15. The molecule has 3 unspecified atom stereocenters. The zero-order valence-electron chi connectivity index (χ0n) is 10.1. The molecule has 2 bridgehead atoms. The van der Waals surface area contributed by atoms with Crippen LogP contribution in [0.4, 0.5) is 4.39 Å². The molecule has 0 heterocycles. The lowest BCUT2D eigenvalue weighted by Crippen LogP contribution is -2.21. The number of hydrogen-bond acceptors (Lipinski definition) is 1. The number of benzene rings is 1. The Hall–Kier alpha value is -1.18. The topological polar surface area (TPSA) is 17.1 Å². The Labute approximate surface area is 101 Å². The average Bonchev–Trinajstić information content (AvgIpc) is 2.93. The SMILES string of the molecule is Cc1cc(C(=O)C2CC3CCC2C3)ccc1F. The van der Waals surface area contributed by atoms with E-state index in [1.807, 2.05) is 0 Å². The summed E-state index contributed by atoms with van der Waals surface area (Å²) >= 11 is 0. The third-order valence-electron chi connectivity index (χ3n) is 4.52. The summed E-state index contributed by atoms with van der Waals surface area (Å²) in [5, 5.41) is 0. The Morgan fingerprint density at radius 3 is 2.71 bits per heavy atom. The summed E-state index contributed by atoms with van der Waals surface area (Å²) in [6, 6.07) is 4.75. The second-order valence-electron chi connectivity index (χ2n) is 5.61. The van der Waals surface area contributed by atoms with Crippen molar-refractivity contribution >= 4 is 5.78 Å². The first-order valence-corrected chi connectivity index (χ1v) is 6.45. The van der Waals surface area contributed by atoms with Gasteiger partial charge in [-0.2, -0.15) is 0 Å². The van der Waals surface area contributed by atoms with E-state index in [0.717, 1.165) is 12.3 Å². The van der Waals surface area contributed by atoms with E-state index in [0.29, 0.717) is 17.0 Å². The first kappa shape index (κ1) is 10.9. The molecule has 0 amide bonds. The van der Waals surface area contributed by atoms with Crippen molar-refractivity contribution in [3.8, 4) is 0 Å². The molecule has 0 aliphatic heterocycles. The van der Waals surface area contributed by atoms with E-state index in [9.17, 15) is 9.18 Å². The molecule has 17 heavy (non-hydrogen) atoms. The fraction of sp³-hybridized carbons (Fsp3) is 0.533. The number of aryl methyl sites for hydroxylation is 1. The van der Waals surface area contributed by atoms with Crippen molar-refractivity contribution < 1.29 is 9.18 Å². The predicted molar refractivity (Wildman–Crippen MR) is 64.4 cm³/mol. The number of rotatable bonds is 2. The van der Waals surface area contributed by atoms with Gasteiger partial charge < -0.3 is 0 Å². The summed E-state index contributed by atoms with van der Waals surface area (Å²) in [7, 11) is 0. The lowest BCUT2D eigenvalue weighted by atomic mass is 9.83. The fourth-order valence-corrected chi connectivity index (χ4v) is 3.58. The van der Waals surface area contributed by atoms with Crippen molar-refractivity contribution in [2.75, 3.05) is 0 Å². The van der Waals surface area contributed by atoms with Crippen LogP contribution in [0.2, 0.25) is 0 Å². The van der Waals surface area contributed by atoms with Crippen LogP contribution in [0.15, 0.2) is 18.2 Å². The highest BCUT2D eigenvalue weighted by Crippen LogP contribution is 2.49. The normalized spacial score (nSPS) is 30.8. The highest BCUT2D eigenvalue weighted by molar-refractivity contribution is 5.98. The van der Waals surface area contributed by atoms with E-state index in [4.69, 9.17) is 0 Å². The monoisotopic (exact) mass is 232 g/mol. The third-order valence-corrected chi connectivity index (χ3v) is 4.52. The molecule has 2 fully saturated rings. The lowest BCUT2D eigenvalue weighted by Gasteiger charge is -2.20. The number of halogens is 1. The molecule has 2 saturated carbocycles. The maximum absolute atomic E-state index is 13.2. The lowest BCUT2D eigenvalue weighted by molar-refractivity contribution is 0.0874. The number of carbonyl (C=O) groups excluding carboxylic acids is 1. The predicted octanol–water partition coefficient (Wildman–Crippen LogP) is 3.75. The van der Waals surface area contributed by atoms with Crippen molar-refractivity contribution in [2.24, 2.45) is 17.8 Å². The highest BCUT2D eigenvalue weighted by atomic mass is 19.1. The van der Waals surface area contributed by atoms with Gasteiger partial charge in [0.15, 0.2) is 5.78 Å². The Bertz CT molecular complexity index is 466. The van der Waals surface area contributed by atoms with Crippen molar-refractivity contribution in [2.45, 2.75) is 32.6 Å². The maximum Gasteiger partial charge on any atom is 0.166 e. The van der Waals surface area contributed by atoms with Gasteiger partial charge >= 0.3 is 0 Å². The Kier molecular flexibility index (Phi) is 2.53. The van der Waals surface area contributed by atoms with Crippen LogP contribution < -0.4 is 0 Å². The van der Waals surface area contributed by atoms with Gasteiger partial charge in [-0.1, -0.05) is 6.42 Å². The molecule has 1 aromatic carbocycles. The van der Waals surface area contributed by atoms with Crippen molar-refractivity contribution in [3.05, 3.63) is 35.1 Å². The Morgan fingerprint density at radius 1 is 1.29 bits per heavy atom. The summed E-state index contributed by atoms with van der Waals surface area (Å²) in [6.45, 7) is 1.72. The molecular formula is C15H17FO. The first-order valence-electron chi connectivity index (χ1n) is 6.45. The minimum Gasteiger partial charge on any atom is -0.294 e. The van der Waals surface area contributed by atoms with Crippen LogP contribution >= 0.6 is 0 Å². The highest BCUT2D eigenvalue weighted by Gasteiger charge is 2.43. The number of ketones is 1. The van der Waals surface area contributed by atoms with Crippen LogP contribution in [0, 0.1) is 30.5 Å². The third kappa shape index (κ3) is 1.80. The summed E-state index contributed by atoms with van der Waals surface area (Å²) in [4.78, 5) is 12.4. The van der Waals surface area contributed by atoms with Crippen LogP contribution in [0.5, 0.6) is 0 Å². The van der Waals surface area contributed by atoms with Gasteiger partial charge in [-0.05, 0) is 61.8 Å². The standard InChI is InChI=1S/C15H17FO/c1-9-6-12(4-5-14(9)16)15(17)13-8-10-2-3-11(13)7-10/h4-6,10-11,13H,2-3,7-8H2,1H3. The van der Waals surface area contributed by atoms with Gasteiger partial charge in [0.2, 0.25) is 0 Å². The fourth-order valence-electron chi connectivity index (χ4n) is 3.58. The second-order valence-corrected chi connectivity index (χ2v) is 5.61. The molecule has 2 aliphatic rings. The average molecular weight is 232 g/mol. The molecular weight excluding hydrogens is 215 g/mol. The molecule has 2 heteroatoms. The Balaban J connectivity index is 1.84. The van der Waals surface area contributed by atoms with E-state index in [1.54, 1.807) is 19.1 Å². The minimum absolute atomic E-state index is 0.207. The molecule has 90 valence electrons. The maximum atomic E-state index is 13.2. The minimum atomic E-state index is -0.227. The van der Waals surface area contributed by atoms with Crippen LogP contribution in [0.1, 0.15) is 41.6 Å². The van der Waals surface area contributed by atoms with Crippen LogP contribution in [0.3, 0.4) is 0 Å². The van der Waals surface area contributed by atoms with Crippen LogP contribution in [0.25, 0.3) is 0 Å². The summed E-state index contributed by atoms with van der Waals surface area (Å²) < 4.78 is 13.2. The number of carbonyl (C=O) groups is 1. The Morgan fingerprint density at radius 2 is 2.12 bits per heavy atom. The molecule has 3 rings (SSSR count). The van der Waals surface area contributed by atoms with Gasteiger partial charge in [0.05, 0.1) is 0 Å². The zero-order valence-corrected chi connectivity index (χ0v) is 10.1. The largest absolute Gasteiger partial charge is 0.294 e. The molecule has 2 aliphatic carbocycles. The van der Waals surface area contributed by atoms with E-state index >= 15 is 0 Å². The quantitative estimate of drug-likeness (QED) is 0.710. The smallest absolute Gasteiger partial charge is 0.166 e. The van der Waals surface area contributed by atoms with E-state index in [1.165, 1.54) is 25.3 Å². The molecule has 3 atom stereocenters. The molecule has 1 aromatic rings. The van der Waals surface area contributed by atoms with Crippen LogP contribution in [-0.2, 0) is 0 Å². The summed E-state index contributed by atoms with van der Waals surface area (Å²) in [6.07, 6.45) is 4.80. The van der Waals surface area contributed by atoms with Gasteiger partial charge in [0.25, 0.3) is 0 Å². The molecule has 0 N–H and O–H groups in total. The molecule has 0 radical (unpaired) electrons. The van der Waals surface area contributed by atoms with E-state index < -0.39 is 0 Å². The number of hydrogen-bond donors (Lipinski definition) is 0. The molecule has 0 spiro atoms. The van der Waals surface area contributed by atoms with Crippen molar-refractivity contribution in [3.63, 3.8) is 0 Å². The van der Waals surface area contributed by atoms with Gasteiger partial charge in [-0.25, -0.2) is 4.39 Å². The molecule has 1 nitrogen and oxygen atoms in total. The van der Waals surface area contributed by atoms with Gasteiger partial charge in [-0.3, -0.25) is 4.79 Å². The molecule has 0 saturated heterocycles. The van der Waals surface area contributed by atoms with Gasteiger partial charge in [0.1, 0.15) is 5.82 Å².